The van der Waals surface area contributed by atoms with Crippen LogP contribution in [-0.2, 0) is 14.8 Å². The van der Waals surface area contributed by atoms with Gasteiger partial charge < -0.3 is 10.2 Å². The predicted octanol–water partition coefficient (Wildman–Crippen LogP) is 0.574. The van der Waals surface area contributed by atoms with E-state index in [9.17, 15) is 22.7 Å². The van der Waals surface area contributed by atoms with E-state index in [0.29, 0.717) is 0 Å². The zero-order chi connectivity index (χ0) is 16.4. The molecule has 0 heterocycles. The number of rotatable bonds is 5. The van der Waals surface area contributed by atoms with Gasteiger partial charge in [0.2, 0.25) is 10.0 Å². The minimum absolute atomic E-state index is 0.0665. The van der Waals surface area contributed by atoms with Crippen molar-refractivity contribution in [3.05, 3.63) is 28.0 Å². The monoisotopic (exact) mass is 380 g/mol. The molecule has 3 N–H and O–H groups in total. The Morgan fingerprint density at radius 1 is 1.57 bits per heavy atom. The fraction of sp³-hybridized carbons (Fsp3) is 0.273. The first-order valence-electron chi connectivity index (χ1n) is 5.36. The summed E-state index contributed by atoms with van der Waals surface area (Å²) in [5.41, 5.74) is -2.43. The molecule has 0 aliphatic rings. The summed E-state index contributed by atoms with van der Waals surface area (Å²) in [6.45, 7) is 0.0463. The maximum absolute atomic E-state index is 13.7. The van der Waals surface area contributed by atoms with Crippen molar-refractivity contribution in [2.75, 3.05) is 6.54 Å². The minimum Gasteiger partial charge on any atom is -0.479 e. The van der Waals surface area contributed by atoms with Gasteiger partial charge in [0.25, 0.3) is 0 Å². The lowest BCUT2D eigenvalue weighted by Crippen LogP contribution is -2.46. The molecular weight excluding hydrogens is 371 g/mol. The number of hydrogen-bond donors (Lipinski definition) is 3. The Hall–Kier alpha value is -1.54. The van der Waals surface area contributed by atoms with Crippen LogP contribution < -0.4 is 4.72 Å². The molecule has 1 aromatic rings. The third-order valence-electron chi connectivity index (χ3n) is 2.50. The topological polar surface area (TPSA) is 127 Å². The number of nitrogens with zero attached hydrogens (tertiary/aromatic N) is 1. The van der Waals surface area contributed by atoms with Crippen molar-refractivity contribution in [1.29, 1.82) is 5.26 Å². The molecular formula is C11H10BrFN2O5S. The van der Waals surface area contributed by atoms with Crippen LogP contribution in [0.1, 0.15) is 12.5 Å². The first-order valence-corrected chi connectivity index (χ1v) is 7.63. The van der Waals surface area contributed by atoms with Crippen molar-refractivity contribution in [3.8, 4) is 6.07 Å². The van der Waals surface area contributed by atoms with Gasteiger partial charge in [-0.25, -0.2) is 22.3 Å². The summed E-state index contributed by atoms with van der Waals surface area (Å²) in [6.07, 6.45) is 0. The number of nitriles is 1. The van der Waals surface area contributed by atoms with Gasteiger partial charge in [-0.3, -0.25) is 0 Å². The summed E-state index contributed by atoms with van der Waals surface area (Å²) < 4.78 is 39.4. The number of aliphatic carboxylic acids is 1. The van der Waals surface area contributed by atoms with Crippen LogP contribution in [0.25, 0.3) is 0 Å². The van der Waals surface area contributed by atoms with Gasteiger partial charge in [-0.05, 0) is 35.0 Å². The Kier molecular flexibility index (Phi) is 5.06. The molecule has 1 aromatic carbocycles. The molecule has 0 aliphatic heterocycles. The van der Waals surface area contributed by atoms with Crippen LogP contribution in [0.2, 0.25) is 0 Å². The molecule has 21 heavy (non-hydrogen) atoms. The highest BCUT2D eigenvalue weighted by atomic mass is 79.9. The largest absolute Gasteiger partial charge is 0.479 e. The lowest BCUT2D eigenvalue weighted by Gasteiger charge is -2.18. The quantitative estimate of drug-likeness (QED) is 0.685. The van der Waals surface area contributed by atoms with Crippen molar-refractivity contribution in [3.63, 3.8) is 0 Å². The third kappa shape index (κ3) is 3.98. The Morgan fingerprint density at radius 2 is 2.14 bits per heavy atom. The predicted molar refractivity (Wildman–Crippen MR) is 72.3 cm³/mol. The van der Waals surface area contributed by atoms with E-state index in [-0.39, 0.29) is 10.0 Å². The average Bonchev–Trinajstić information content (AvgIpc) is 2.38. The Balaban J connectivity index is 3.13. The standard InChI is InChI=1S/C11H10BrFN2O5S/c1-11(18,10(16)17)5-15-21(19,20)9-3-7(12)6(4-14)2-8(9)13/h2-3,15,18H,5H2,1H3,(H,16,17). The first-order chi connectivity index (χ1) is 9.51. The lowest BCUT2D eigenvalue weighted by atomic mass is 10.1. The van der Waals surface area contributed by atoms with Crippen LogP contribution >= 0.6 is 15.9 Å². The summed E-state index contributed by atoms with van der Waals surface area (Å²) in [5.74, 6) is -2.80. The number of aliphatic hydroxyl groups is 1. The molecule has 0 amide bonds. The fourth-order valence-electron chi connectivity index (χ4n) is 1.21. The van der Waals surface area contributed by atoms with Gasteiger partial charge in [0.15, 0.2) is 5.60 Å². The number of carboxylic acids is 1. The number of carboxylic acid groups (broad SMARTS) is 1. The second-order valence-electron chi connectivity index (χ2n) is 4.28. The van der Waals surface area contributed by atoms with Crippen LogP contribution in [0, 0.1) is 17.1 Å². The van der Waals surface area contributed by atoms with Crippen molar-refractivity contribution < 1.29 is 27.8 Å². The molecule has 10 heteroatoms. The van der Waals surface area contributed by atoms with E-state index in [0.717, 1.165) is 19.1 Å². The zero-order valence-corrected chi connectivity index (χ0v) is 13.0. The number of nitrogens with one attached hydrogen (secondary N) is 1. The summed E-state index contributed by atoms with van der Waals surface area (Å²) in [7, 11) is -4.39. The second-order valence-corrected chi connectivity index (χ2v) is 6.87. The Labute approximate surface area is 128 Å². The summed E-state index contributed by atoms with van der Waals surface area (Å²) in [4.78, 5) is 9.91. The van der Waals surface area contributed by atoms with Crippen LogP contribution in [0.15, 0.2) is 21.5 Å². The maximum atomic E-state index is 13.7. The van der Waals surface area contributed by atoms with Gasteiger partial charge in [0.1, 0.15) is 16.8 Å². The Morgan fingerprint density at radius 3 is 2.62 bits per heavy atom. The summed E-state index contributed by atoms with van der Waals surface area (Å²) in [5, 5.41) is 26.8. The lowest BCUT2D eigenvalue weighted by molar-refractivity contribution is -0.155. The number of carbonyl (C=O) groups is 1. The number of sulfonamides is 1. The maximum Gasteiger partial charge on any atom is 0.336 e. The van der Waals surface area contributed by atoms with Crippen molar-refractivity contribution in [1.82, 2.24) is 4.72 Å². The number of halogens is 2. The van der Waals surface area contributed by atoms with Gasteiger partial charge in [-0.2, -0.15) is 5.26 Å². The van der Waals surface area contributed by atoms with E-state index in [1.54, 1.807) is 10.8 Å². The van der Waals surface area contributed by atoms with Crippen LogP contribution in [0.4, 0.5) is 4.39 Å². The summed E-state index contributed by atoms with van der Waals surface area (Å²) in [6, 6.07) is 3.28. The molecule has 0 aromatic heterocycles. The smallest absolute Gasteiger partial charge is 0.336 e. The molecule has 114 valence electrons. The summed E-state index contributed by atoms with van der Waals surface area (Å²) >= 11 is 2.92. The van der Waals surface area contributed by atoms with E-state index in [1.165, 1.54) is 0 Å². The van der Waals surface area contributed by atoms with Crippen LogP contribution in [0.5, 0.6) is 0 Å². The van der Waals surface area contributed by atoms with E-state index < -0.39 is 38.9 Å². The van der Waals surface area contributed by atoms with E-state index in [4.69, 9.17) is 10.4 Å². The highest BCUT2D eigenvalue weighted by Gasteiger charge is 2.32. The molecule has 0 radical (unpaired) electrons. The molecule has 0 fully saturated rings. The zero-order valence-electron chi connectivity index (χ0n) is 10.6. The molecule has 0 aliphatic carbocycles. The van der Waals surface area contributed by atoms with Crippen molar-refractivity contribution >= 4 is 31.9 Å². The number of hydrogen-bond acceptors (Lipinski definition) is 5. The Bertz CT molecular complexity index is 727. The van der Waals surface area contributed by atoms with Crippen molar-refractivity contribution in [2.24, 2.45) is 0 Å². The molecule has 0 saturated heterocycles. The van der Waals surface area contributed by atoms with E-state index >= 15 is 0 Å². The van der Waals surface area contributed by atoms with Crippen LogP contribution in [0.3, 0.4) is 0 Å². The van der Waals surface area contributed by atoms with Gasteiger partial charge in [-0.15, -0.1) is 0 Å². The van der Waals surface area contributed by atoms with Gasteiger partial charge in [0.05, 0.1) is 12.1 Å². The SMILES string of the molecule is CC(O)(CNS(=O)(=O)c1cc(Br)c(C#N)cc1F)C(=O)O. The average molecular weight is 381 g/mol. The molecule has 1 atom stereocenters. The van der Waals surface area contributed by atoms with Crippen molar-refractivity contribution in [2.45, 2.75) is 17.4 Å². The normalized spacial score (nSPS) is 14.2. The first kappa shape index (κ1) is 17.5. The number of benzene rings is 1. The molecule has 1 unspecified atom stereocenters. The fourth-order valence-corrected chi connectivity index (χ4v) is 3.01. The van der Waals surface area contributed by atoms with Gasteiger partial charge in [-0.1, -0.05) is 0 Å². The van der Waals surface area contributed by atoms with E-state index in [1.807, 2.05) is 0 Å². The highest BCUT2D eigenvalue weighted by molar-refractivity contribution is 9.10. The molecule has 0 bridgehead atoms. The molecule has 7 nitrogen and oxygen atoms in total. The van der Waals surface area contributed by atoms with Crippen LogP contribution in [-0.4, -0.2) is 36.7 Å². The molecule has 1 rings (SSSR count). The minimum atomic E-state index is -4.39. The molecule has 0 spiro atoms. The van der Waals surface area contributed by atoms with Gasteiger partial charge in [0, 0.05) is 4.47 Å². The van der Waals surface area contributed by atoms with Gasteiger partial charge >= 0.3 is 5.97 Å². The second kappa shape index (κ2) is 6.07. The highest BCUT2D eigenvalue weighted by Crippen LogP contribution is 2.24. The third-order valence-corrected chi connectivity index (χ3v) is 4.57. The van der Waals surface area contributed by atoms with E-state index in [2.05, 4.69) is 15.9 Å². The molecule has 0 saturated carbocycles.